The maximum atomic E-state index is 11.2. The maximum Gasteiger partial charge on any atom is 0.206 e. The molecule has 2 aliphatic rings. The van der Waals surface area contributed by atoms with Crippen molar-refractivity contribution in [3.63, 3.8) is 0 Å². The van der Waals surface area contributed by atoms with E-state index in [0.717, 1.165) is 18.4 Å². The minimum atomic E-state index is -0.0593. The standard InChI is InChI=1S/C9H9NO/c10-8-5-6-3-1-2-4-7(6)9(8)11/h2,4,10H,1,3,5H2. The number of carbonyl (C=O) groups excluding carboxylic acids is 1. The predicted octanol–water partition coefficient (Wildman–Crippen LogP) is 1.63. The Balaban J connectivity index is 2.43. The first kappa shape index (κ1) is 6.53. The van der Waals surface area contributed by atoms with E-state index in [-0.39, 0.29) is 11.5 Å². The van der Waals surface area contributed by atoms with E-state index in [1.807, 2.05) is 12.2 Å². The van der Waals surface area contributed by atoms with Gasteiger partial charge in [0.05, 0.1) is 5.71 Å². The van der Waals surface area contributed by atoms with E-state index in [2.05, 4.69) is 0 Å². The number of carbonyl (C=O) groups is 1. The van der Waals surface area contributed by atoms with E-state index >= 15 is 0 Å². The van der Waals surface area contributed by atoms with E-state index in [1.54, 1.807) is 0 Å². The van der Waals surface area contributed by atoms with E-state index in [1.165, 1.54) is 5.57 Å². The third-order valence-electron chi connectivity index (χ3n) is 2.19. The first-order chi connectivity index (χ1) is 5.29. The van der Waals surface area contributed by atoms with Gasteiger partial charge in [-0.25, -0.2) is 0 Å². The molecule has 0 unspecified atom stereocenters. The molecule has 11 heavy (non-hydrogen) atoms. The molecule has 2 rings (SSSR count). The molecule has 0 spiro atoms. The summed E-state index contributed by atoms with van der Waals surface area (Å²) in [7, 11) is 0. The zero-order chi connectivity index (χ0) is 7.84. The Hall–Kier alpha value is -1.18. The Morgan fingerprint density at radius 3 is 3.00 bits per heavy atom. The van der Waals surface area contributed by atoms with Crippen molar-refractivity contribution in [3.05, 3.63) is 23.3 Å². The van der Waals surface area contributed by atoms with Crippen LogP contribution < -0.4 is 0 Å². The topological polar surface area (TPSA) is 40.9 Å². The van der Waals surface area contributed by atoms with Crippen molar-refractivity contribution >= 4 is 11.5 Å². The summed E-state index contributed by atoms with van der Waals surface area (Å²) in [6.45, 7) is 0. The first-order valence-electron chi connectivity index (χ1n) is 3.80. The summed E-state index contributed by atoms with van der Waals surface area (Å²) < 4.78 is 0. The fraction of sp³-hybridized carbons (Fsp3) is 0.333. The summed E-state index contributed by atoms with van der Waals surface area (Å²) in [5.74, 6) is -0.0593. The summed E-state index contributed by atoms with van der Waals surface area (Å²) in [4.78, 5) is 11.2. The molecule has 0 fully saturated rings. The molecule has 0 atom stereocenters. The fourth-order valence-corrected chi connectivity index (χ4v) is 1.59. The van der Waals surface area contributed by atoms with E-state index < -0.39 is 0 Å². The van der Waals surface area contributed by atoms with Gasteiger partial charge in [-0.2, -0.15) is 0 Å². The van der Waals surface area contributed by atoms with Crippen LogP contribution in [0, 0.1) is 5.41 Å². The summed E-state index contributed by atoms with van der Waals surface area (Å²) in [5.41, 5.74) is 2.23. The maximum absolute atomic E-state index is 11.2. The second-order valence-corrected chi connectivity index (χ2v) is 2.94. The molecular weight excluding hydrogens is 138 g/mol. The molecule has 0 aliphatic heterocycles. The Labute approximate surface area is 65.1 Å². The lowest BCUT2D eigenvalue weighted by molar-refractivity contribution is -0.109. The minimum absolute atomic E-state index is 0.0593. The Morgan fingerprint density at radius 1 is 1.45 bits per heavy atom. The van der Waals surface area contributed by atoms with Gasteiger partial charge in [-0.05, 0) is 12.8 Å². The third-order valence-corrected chi connectivity index (χ3v) is 2.19. The summed E-state index contributed by atoms with van der Waals surface area (Å²) >= 11 is 0. The lowest BCUT2D eigenvalue weighted by Gasteiger charge is -2.04. The second kappa shape index (κ2) is 2.16. The number of rotatable bonds is 0. The Morgan fingerprint density at radius 2 is 2.27 bits per heavy atom. The average molecular weight is 147 g/mol. The van der Waals surface area contributed by atoms with Gasteiger partial charge < -0.3 is 5.41 Å². The quantitative estimate of drug-likeness (QED) is 0.555. The van der Waals surface area contributed by atoms with Crippen molar-refractivity contribution in [3.8, 4) is 0 Å². The van der Waals surface area contributed by atoms with Gasteiger partial charge in [0, 0.05) is 12.0 Å². The third kappa shape index (κ3) is 0.862. The van der Waals surface area contributed by atoms with Crippen LogP contribution in [0.2, 0.25) is 0 Å². The number of ketones is 1. The highest BCUT2D eigenvalue weighted by atomic mass is 16.1. The fourth-order valence-electron chi connectivity index (χ4n) is 1.59. The van der Waals surface area contributed by atoms with Gasteiger partial charge in [-0.15, -0.1) is 0 Å². The number of hydrogen-bond donors (Lipinski definition) is 1. The number of nitrogens with one attached hydrogen (secondary N) is 1. The molecular formula is C9H9NO. The lowest BCUT2D eigenvalue weighted by atomic mass is 10.0. The summed E-state index contributed by atoms with van der Waals surface area (Å²) in [6, 6.07) is 0. The molecule has 0 aromatic carbocycles. The van der Waals surface area contributed by atoms with Gasteiger partial charge in [0.25, 0.3) is 0 Å². The van der Waals surface area contributed by atoms with Gasteiger partial charge in [0.2, 0.25) is 5.78 Å². The van der Waals surface area contributed by atoms with Gasteiger partial charge in [0.15, 0.2) is 0 Å². The zero-order valence-electron chi connectivity index (χ0n) is 6.18. The highest BCUT2D eigenvalue weighted by molar-refractivity contribution is 6.48. The van der Waals surface area contributed by atoms with Crippen LogP contribution in [0.5, 0.6) is 0 Å². The van der Waals surface area contributed by atoms with Crippen LogP contribution in [-0.2, 0) is 4.79 Å². The molecule has 2 heteroatoms. The Bertz CT molecular complexity index is 297. The van der Waals surface area contributed by atoms with E-state index in [4.69, 9.17) is 5.41 Å². The normalized spacial score (nSPS) is 22.9. The SMILES string of the molecule is N=C1CC2=C(C=CCC2)C1=O. The van der Waals surface area contributed by atoms with Gasteiger partial charge in [-0.1, -0.05) is 17.7 Å². The summed E-state index contributed by atoms with van der Waals surface area (Å²) in [6.07, 6.45) is 6.47. The van der Waals surface area contributed by atoms with Crippen LogP contribution in [0.25, 0.3) is 0 Å². The predicted molar refractivity (Wildman–Crippen MR) is 42.8 cm³/mol. The van der Waals surface area contributed by atoms with Crippen molar-refractivity contribution in [1.82, 2.24) is 0 Å². The van der Waals surface area contributed by atoms with Gasteiger partial charge >= 0.3 is 0 Å². The molecule has 0 saturated heterocycles. The number of Topliss-reactive ketones (excluding diaryl/α,β-unsaturated/α-hetero) is 1. The number of allylic oxidation sites excluding steroid dienone is 4. The summed E-state index contributed by atoms with van der Waals surface area (Å²) in [5, 5.41) is 7.32. The molecule has 0 heterocycles. The molecule has 0 radical (unpaired) electrons. The minimum Gasteiger partial charge on any atom is -0.301 e. The smallest absolute Gasteiger partial charge is 0.206 e. The second-order valence-electron chi connectivity index (χ2n) is 2.94. The molecule has 0 aromatic rings. The van der Waals surface area contributed by atoms with Crippen LogP contribution in [0.15, 0.2) is 23.3 Å². The monoisotopic (exact) mass is 147 g/mol. The van der Waals surface area contributed by atoms with Gasteiger partial charge in [0.1, 0.15) is 0 Å². The van der Waals surface area contributed by atoms with Crippen LogP contribution >= 0.6 is 0 Å². The average Bonchev–Trinajstić information content (AvgIpc) is 2.30. The molecule has 2 aliphatic carbocycles. The molecule has 2 nitrogen and oxygen atoms in total. The van der Waals surface area contributed by atoms with Crippen LogP contribution in [0.4, 0.5) is 0 Å². The van der Waals surface area contributed by atoms with Crippen molar-refractivity contribution in [2.45, 2.75) is 19.3 Å². The van der Waals surface area contributed by atoms with Crippen molar-refractivity contribution in [2.24, 2.45) is 0 Å². The zero-order valence-corrected chi connectivity index (χ0v) is 6.18. The Kier molecular flexibility index (Phi) is 1.28. The molecule has 56 valence electrons. The van der Waals surface area contributed by atoms with E-state index in [0.29, 0.717) is 6.42 Å². The molecule has 0 aromatic heterocycles. The van der Waals surface area contributed by atoms with Crippen LogP contribution in [0.1, 0.15) is 19.3 Å². The number of hydrogen-bond acceptors (Lipinski definition) is 2. The first-order valence-corrected chi connectivity index (χ1v) is 3.80. The highest BCUT2D eigenvalue weighted by Gasteiger charge is 2.26. The van der Waals surface area contributed by atoms with Crippen molar-refractivity contribution in [1.29, 1.82) is 5.41 Å². The van der Waals surface area contributed by atoms with Crippen LogP contribution in [0.3, 0.4) is 0 Å². The van der Waals surface area contributed by atoms with Gasteiger partial charge in [-0.3, -0.25) is 4.79 Å². The molecule has 0 bridgehead atoms. The largest absolute Gasteiger partial charge is 0.301 e. The lowest BCUT2D eigenvalue weighted by Crippen LogP contribution is -2.05. The molecule has 0 amide bonds. The highest BCUT2D eigenvalue weighted by Crippen LogP contribution is 2.28. The van der Waals surface area contributed by atoms with E-state index in [9.17, 15) is 4.79 Å². The molecule has 1 N–H and O–H groups in total. The van der Waals surface area contributed by atoms with Crippen molar-refractivity contribution < 1.29 is 4.79 Å². The van der Waals surface area contributed by atoms with Crippen LogP contribution in [-0.4, -0.2) is 11.5 Å². The van der Waals surface area contributed by atoms with Crippen molar-refractivity contribution in [2.75, 3.05) is 0 Å². The molecule has 0 saturated carbocycles.